The summed E-state index contributed by atoms with van der Waals surface area (Å²) in [5.41, 5.74) is 0. The van der Waals surface area contributed by atoms with Gasteiger partial charge in [-0.25, -0.2) is 4.57 Å². The van der Waals surface area contributed by atoms with Crippen LogP contribution in [0.4, 0.5) is 0 Å². The fraction of sp³-hybridized carbons (Fsp3) is 0.680. The van der Waals surface area contributed by atoms with Gasteiger partial charge in [0, 0.05) is 12.8 Å². The van der Waals surface area contributed by atoms with Gasteiger partial charge in [-0.15, -0.1) is 0 Å². The summed E-state index contributed by atoms with van der Waals surface area (Å²) in [6.07, 6.45) is 54.1. The van der Waals surface area contributed by atoms with E-state index >= 15 is 0 Å². The molecule has 0 bridgehead atoms. The molecule has 0 aliphatic rings. The van der Waals surface area contributed by atoms with Crippen molar-refractivity contribution in [3.63, 3.8) is 0 Å². The first kappa shape index (κ1) is 58.1. The highest BCUT2D eigenvalue weighted by molar-refractivity contribution is 7.47. The quantitative estimate of drug-likeness (QED) is 0.0234. The summed E-state index contributed by atoms with van der Waals surface area (Å²) in [7, 11) is -4.65. The van der Waals surface area contributed by atoms with E-state index in [1.54, 1.807) is 0 Å². The summed E-state index contributed by atoms with van der Waals surface area (Å²) in [6, 6.07) is 0. The van der Waals surface area contributed by atoms with Crippen LogP contribution in [0.25, 0.3) is 0 Å². The van der Waals surface area contributed by atoms with E-state index in [0.717, 1.165) is 103 Å². The van der Waals surface area contributed by atoms with Crippen molar-refractivity contribution in [3.8, 4) is 0 Å². The number of esters is 2. The highest BCUT2D eigenvalue weighted by Gasteiger charge is 2.27. The number of aliphatic hydroxyl groups is 2. The van der Waals surface area contributed by atoms with Crippen LogP contribution < -0.4 is 0 Å². The van der Waals surface area contributed by atoms with Gasteiger partial charge in [-0.3, -0.25) is 18.6 Å². The molecule has 0 saturated carbocycles. The van der Waals surface area contributed by atoms with Gasteiger partial charge in [0.2, 0.25) is 0 Å². The van der Waals surface area contributed by atoms with Gasteiger partial charge in [0.15, 0.2) is 0 Å². The van der Waals surface area contributed by atoms with E-state index in [4.69, 9.17) is 18.5 Å². The number of carbonyl (C=O) groups excluding carboxylic acids is 2. The molecule has 0 spiro atoms. The van der Waals surface area contributed by atoms with Gasteiger partial charge in [-0.2, -0.15) is 0 Å². The van der Waals surface area contributed by atoms with Crippen LogP contribution >= 0.6 is 7.82 Å². The van der Waals surface area contributed by atoms with Gasteiger partial charge >= 0.3 is 19.8 Å². The third kappa shape index (κ3) is 43.6. The van der Waals surface area contributed by atoms with Crippen molar-refractivity contribution in [2.24, 2.45) is 0 Å². The molecule has 0 fully saturated rings. The molecule has 0 rings (SSSR count). The van der Waals surface area contributed by atoms with E-state index in [1.807, 2.05) is 0 Å². The first-order chi connectivity index (χ1) is 29.8. The average molecular weight is 877 g/mol. The molecular weight excluding hydrogens is 792 g/mol. The summed E-state index contributed by atoms with van der Waals surface area (Å²) >= 11 is 0. The van der Waals surface area contributed by atoms with E-state index in [0.29, 0.717) is 12.8 Å². The number of allylic oxidation sites excluding steroid dienone is 14. The molecule has 3 unspecified atom stereocenters. The molecule has 61 heavy (non-hydrogen) atoms. The zero-order chi connectivity index (χ0) is 44.8. The Hall–Kier alpha value is -2.85. The normalized spacial score (nSPS) is 14.5. The molecule has 11 heteroatoms. The number of phosphoric ester groups is 1. The van der Waals surface area contributed by atoms with Crippen molar-refractivity contribution < 1.29 is 47.8 Å². The molecule has 0 amide bonds. The molecule has 3 N–H and O–H groups in total. The molecule has 0 aromatic rings. The van der Waals surface area contributed by atoms with E-state index < -0.39 is 58.4 Å². The van der Waals surface area contributed by atoms with Crippen molar-refractivity contribution in [1.29, 1.82) is 0 Å². The van der Waals surface area contributed by atoms with Crippen molar-refractivity contribution in [2.75, 3.05) is 26.4 Å². The number of hydrogen-bond donors (Lipinski definition) is 3. The number of rotatable bonds is 43. The second kappa shape index (κ2) is 45.2. The second-order valence-electron chi connectivity index (χ2n) is 15.3. The van der Waals surface area contributed by atoms with E-state index in [1.165, 1.54) is 38.5 Å². The van der Waals surface area contributed by atoms with Gasteiger partial charge in [-0.1, -0.05) is 170 Å². The zero-order valence-corrected chi connectivity index (χ0v) is 39.0. The first-order valence-electron chi connectivity index (χ1n) is 23.5. The average Bonchev–Trinajstić information content (AvgIpc) is 3.25. The molecular formula is C50H85O10P. The fourth-order valence-electron chi connectivity index (χ4n) is 6.06. The Morgan fingerprint density at radius 3 is 1.03 bits per heavy atom. The molecule has 0 heterocycles. The molecule has 0 saturated heterocycles. The molecule has 0 aromatic heterocycles. The standard InChI is InChI=1S/C50H85O10P/c1-3-5-7-9-11-13-15-17-19-20-21-22-23-24-25-26-28-30-32-34-36-38-40-42-50(54)60-48(44-52)46-58-61(55,56)57-45-47(43-51)59-49(53)41-39-37-35-33-31-29-27-18-16-14-12-10-8-6-4-2/h5-8,11-14,17-19,21-22,27,47-48,51-52H,3-4,9-10,15-16,20,23-26,28-46H2,1-2H3,(H,55,56)/b7-5-,8-6-,13-11-,14-12-,19-17-,22-21-,27-18-. The minimum atomic E-state index is -4.65. The Morgan fingerprint density at radius 2 is 0.721 bits per heavy atom. The Morgan fingerprint density at radius 1 is 0.443 bits per heavy atom. The first-order valence-corrected chi connectivity index (χ1v) is 25.0. The molecule has 0 aliphatic heterocycles. The maximum absolute atomic E-state index is 12.4. The van der Waals surface area contributed by atoms with Crippen molar-refractivity contribution in [2.45, 2.75) is 193 Å². The van der Waals surface area contributed by atoms with Gasteiger partial charge in [-0.05, 0) is 83.5 Å². The highest BCUT2D eigenvalue weighted by atomic mass is 31.2. The smallest absolute Gasteiger partial charge is 0.457 e. The van der Waals surface area contributed by atoms with Crippen LogP contribution in [0.1, 0.15) is 181 Å². The zero-order valence-electron chi connectivity index (χ0n) is 38.1. The summed E-state index contributed by atoms with van der Waals surface area (Å²) in [5, 5.41) is 19.2. The van der Waals surface area contributed by atoms with E-state index in [2.05, 4.69) is 98.9 Å². The monoisotopic (exact) mass is 877 g/mol. The second-order valence-corrected chi connectivity index (χ2v) is 16.8. The number of phosphoric acid groups is 1. The molecule has 0 aliphatic carbocycles. The highest BCUT2D eigenvalue weighted by Crippen LogP contribution is 2.43. The Bertz CT molecular complexity index is 1280. The minimum Gasteiger partial charge on any atom is -0.457 e. The lowest BCUT2D eigenvalue weighted by Gasteiger charge is -2.20. The lowest BCUT2D eigenvalue weighted by atomic mass is 10.0. The molecule has 3 atom stereocenters. The molecule has 0 radical (unpaired) electrons. The van der Waals surface area contributed by atoms with Crippen molar-refractivity contribution in [3.05, 3.63) is 85.1 Å². The van der Waals surface area contributed by atoms with Gasteiger partial charge in [0.1, 0.15) is 12.2 Å². The fourth-order valence-corrected chi connectivity index (χ4v) is 6.85. The van der Waals surface area contributed by atoms with Crippen molar-refractivity contribution in [1.82, 2.24) is 0 Å². The number of hydrogen-bond acceptors (Lipinski definition) is 9. The third-order valence-electron chi connectivity index (χ3n) is 9.60. The van der Waals surface area contributed by atoms with E-state index in [9.17, 15) is 29.3 Å². The Balaban J connectivity index is 3.90. The van der Waals surface area contributed by atoms with Crippen LogP contribution in [0.5, 0.6) is 0 Å². The maximum Gasteiger partial charge on any atom is 0.472 e. The summed E-state index contributed by atoms with van der Waals surface area (Å²) in [5.74, 6) is -1.04. The number of aliphatic hydroxyl groups excluding tert-OH is 2. The topological polar surface area (TPSA) is 149 Å². The number of ether oxygens (including phenoxy) is 2. The third-order valence-corrected chi connectivity index (χ3v) is 10.6. The van der Waals surface area contributed by atoms with Crippen LogP contribution in [0.3, 0.4) is 0 Å². The largest absolute Gasteiger partial charge is 0.472 e. The molecule has 10 nitrogen and oxygen atoms in total. The maximum atomic E-state index is 12.4. The van der Waals surface area contributed by atoms with Crippen LogP contribution in [0.15, 0.2) is 85.1 Å². The predicted molar refractivity (Wildman–Crippen MR) is 251 cm³/mol. The van der Waals surface area contributed by atoms with Gasteiger partial charge < -0.3 is 24.6 Å². The molecule has 350 valence electrons. The lowest BCUT2D eigenvalue weighted by Crippen LogP contribution is -2.28. The Kier molecular flexibility index (Phi) is 43.1. The van der Waals surface area contributed by atoms with Crippen LogP contribution in [0.2, 0.25) is 0 Å². The van der Waals surface area contributed by atoms with Gasteiger partial charge in [0.05, 0.1) is 26.4 Å². The number of carbonyl (C=O) groups is 2. The van der Waals surface area contributed by atoms with Crippen LogP contribution in [-0.4, -0.2) is 65.7 Å². The SMILES string of the molecule is CC/C=C\C/C=C\C/C=C\C/C=C\CCCCCCCCCCCCC(=O)OC(CO)COP(=O)(O)OCC(CO)OC(=O)CCCCCCC/C=C\C/C=C\C/C=C\CC. The number of unbranched alkanes of at least 4 members (excludes halogenated alkanes) is 15. The Labute approximate surface area is 371 Å². The van der Waals surface area contributed by atoms with E-state index in [-0.39, 0.29) is 12.8 Å². The summed E-state index contributed by atoms with van der Waals surface area (Å²) in [6.45, 7) is 1.95. The van der Waals surface area contributed by atoms with Crippen molar-refractivity contribution >= 4 is 19.8 Å². The molecule has 0 aromatic carbocycles. The summed E-state index contributed by atoms with van der Waals surface area (Å²) < 4.78 is 32.6. The van der Waals surface area contributed by atoms with Crippen LogP contribution in [-0.2, 0) is 32.7 Å². The van der Waals surface area contributed by atoms with Gasteiger partial charge in [0.25, 0.3) is 0 Å². The summed E-state index contributed by atoms with van der Waals surface area (Å²) in [4.78, 5) is 34.6. The minimum absolute atomic E-state index is 0.169. The van der Waals surface area contributed by atoms with Crippen LogP contribution in [0, 0.1) is 0 Å². The predicted octanol–water partition coefficient (Wildman–Crippen LogP) is 13.0. The lowest BCUT2D eigenvalue weighted by molar-refractivity contribution is -0.153.